The largest absolute Gasteiger partial charge is 0.416 e. The zero-order valence-corrected chi connectivity index (χ0v) is 19.7. The molecule has 4 rings (SSSR count). The van der Waals surface area contributed by atoms with Crippen molar-refractivity contribution in [1.82, 2.24) is 29.5 Å². The number of aromatic nitrogens is 6. The van der Waals surface area contributed by atoms with Crippen LogP contribution >= 0.6 is 11.6 Å². The summed E-state index contributed by atoms with van der Waals surface area (Å²) in [6, 6.07) is 10.7. The molecule has 2 aromatic carbocycles. The van der Waals surface area contributed by atoms with Gasteiger partial charge in [-0.1, -0.05) is 38.4 Å². The van der Waals surface area contributed by atoms with Crippen molar-refractivity contribution < 1.29 is 13.2 Å². The van der Waals surface area contributed by atoms with Gasteiger partial charge in [0.1, 0.15) is 12.7 Å². The molecule has 4 aromatic rings. The molecule has 0 saturated carbocycles. The molecule has 10 heteroatoms. The van der Waals surface area contributed by atoms with Gasteiger partial charge in [-0.25, -0.2) is 19.3 Å². The van der Waals surface area contributed by atoms with E-state index in [9.17, 15) is 13.2 Å². The first-order valence-electron chi connectivity index (χ1n) is 10.9. The molecule has 34 heavy (non-hydrogen) atoms. The first kappa shape index (κ1) is 23.9. The van der Waals surface area contributed by atoms with Crippen LogP contribution in [0.4, 0.5) is 13.2 Å². The summed E-state index contributed by atoms with van der Waals surface area (Å²) in [5, 5.41) is 9.56. The Labute approximate surface area is 200 Å². The lowest BCUT2D eigenvalue weighted by atomic mass is 10.00. The van der Waals surface area contributed by atoms with Crippen molar-refractivity contribution in [2.24, 2.45) is 0 Å². The summed E-state index contributed by atoms with van der Waals surface area (Å²) in [5.74, 6) is 1.48. The third-order valence-electron chi connectivity index (χ3n) is 5.70. The van der Waals surface area contributed by atoms with E-state index >= 15 is 0 Å². The van der Waals surface area contributed by atoms with Crippen LogP contribution in [-0.4, -0.2) is 29.5 Å². The maximum absolute atomic E-state index is 13.0. The number of halogens is 4. The molecule has 0 radical (unpaired) electrons. The summed E-state index contributed by atoms with van der Waals surface area (Å²) in [6.07, 6.45) is 0.223. The van der Waals surface area contributed by atoms with Crippen LogP contribution in [-0.2, 0) is 12.6 Å². The molecule has 0 aliphatic rings. The number of nitrogens with zero attached hydrogens (tertiary/aromatic N) is 6. The molecule has 2 heterocycles. The summed E-state index contributed by atoms with van der Waals surface area (Å²) < 4.78 is 42.2. The molecule has 2 unspecified atom stereocenters. The molecule has 0 bridgehead atoms. The lowest BCUT2D eigenvalue weighted by Crippen LogP contribution is -2.07. The van der Waals surface area contributed by atoms with Gasteiger partial charge in [0.05, 0.1) is 16.9 Å². The third kappa shape index (κ3) is 5.30. The minimum Gasteiger partial charge on any atom is -0.221 e. The highest BCUT2D eigenvalue weighted by Gasteiger charge is 2.30. The van der Waals surface area contributed by atoms with Crippen molar-refractivity contribution >= 4 is 11.6 Å². The zero-order valence-electron chi connectivity index (χ0n) is 19.0. The minimum absolute atomic E-state index is 0.0928. The highest BCUT2D eigenvalue weighted by molar-refractivity contribution is 6.30. The first-order chi connectivity index (χ1) is 16.1. The Balaban J connectivity index is 1.53. The van der Waals surface area contributed by atoms with Crippen LogP contribution in [0, 0.1) is 0 Å². The third-order valence-corrected chi connectivity index (χ3v) is 5.92. The fraction of sp³-hybridized carbons (Fsp3) is 0.333. The number of hydrogen-bond acceptors (Lipinski definition) is 4. The predicted molar refractivity (Wildman–Crippen MR) is 124 cm³/mol. The highest BCUT2D eigenvalue weighted by Crippen LogP contribution is 2.30. The fourth-order valence-electron chi connectivity index (χ4n) is 3.59. The average molecular weight is 489 g/mol. The Bertz CT molecular complexity index is 1280. The number of hydrogen-bond donors (Lipinski definition) is 0. The van der Waals surface area contributed by atoms with Crippen molar-refractivity contribution in [3.05, 3.63) is 82.9 Å². The average Bonchev–Trinajstić information content (AvgIpc) is 3.48. The molecular weight excluding hydrogens is 465 g/mol. The first-order valence-corrected chi connectivity index (χ1v) is 11.3. The van der Waals surface area contributed by atoms with Crippen LogP contribution in [0.2, 0.25) is 5.02 Å². The Hall–Kier alpha value is -3.20. The smallest absolute Gasteiger partial charge is 0.221 e. The van der Waals surface area contributed by atoms with E-state index in [-0.39, 0.29) is 11.8 Å². The molecule has 6 nitrogen and oxygen atoms in total. The number of rotatable bonds is 7. The quantitative estimate of drug-likeness (QED) is 0.303. The van der Waals surface area contributed by atoms with Crippen molar-refractivity contribution in [3.63, 3.8) is 0 Å². The van der Waals surface area contributed by atoms with Crippen molar-refractivity contribution in [2.45, 2.75) is 51.6 Å². The van der Waals surface area contributed by atoms with Crippen LogP contribution in [0.1, 0.15) is 61.8 Å². The zero-order chi connectivity index (χ0) is 24.5. The minimum atomic E-state index is -4.42. The van der Waals surface area contributed by atoms with Gasteiger partial charge < -0.3 is 0 Å². The number of benzene rings is 2. The maximum Gasteiger partial charge on any atom is 0.416 e. The molecule has 0 amide bonds. The topological polar surface area (TPSA) is 61.4 Å². The molecule has 0 saturated heterocycles. The molecule has 2 aromatic heterocycles. The van der Waals surface area contributed by atoms with Crippen molar-refractivity contribution in [3.8, 4) is 11.4 Å². The Morgan fingerprint density at radius 2 is 1.53 bits per heavy atom. The van der Waals surface area contributed by atoms with Gasteiger partial charge in [0, 0.05) is 16.9 Å². The summed E-state index contributed by atoms with van der Waals surface area (Å²) in [6.45, 7) is 6.13. The second-order valence-corrected chi connectivity index (χ2v) is 8.81. The van der Waals surface area contributed by atoms with E-state index in [1.54, 1.807) is 17.1 Å². The molecule has 0 N–H and O–H groups in total. The second kappa shape index (κ2) is 9.58. The standard InChI is InChI=1S/C24H24ClF3N6/c1-4-15(2)22-29-14-34(31-22)21-10-17(9-19(25)12-21)8-16(3)23-30-13-33(32-23)20-7-5-6-18(11-20)24(26,27)28/h5-7,9-16H,4,8H2,1-3H3. The van der Waals surface area contributed by atoms with E-state index < -0.39 is 11.7 Å². The summed E-state index contributed by atoms with van der Waals surface area (Å²) in [4.78, 5) is 8.73. The van der Waals surface area contributed by atoms with E-state index in [1.807, 2.05) is 25.1 Å². The Kier molecular flexibility index (Phi) is 6.74. The van der Waals surface area contributed by atoms with Gasteiger partial charge in [0.2, 0.25) is 0 Å². The van der Waals surface area contributed by atoms with Gasteiger partial charge in [0.25, 0.3) is 0 Å². The molecule has 0 spiro atoms. The van der Waals surface area contributed by atoms with Crippen LogP contribution < -0.4 is 0 Å². The highest BCUT2D eigenvalue weighted by atomic mass is 35.5. The monoisotopic (exact) mass is 488 g/mol. The Morgan fingerprint density at radius 3 is 2.18 bits per heavy atom. The van der Waals surface area contributed by atoms with Crippen LogP contribution in [0.25, 0.3) is 11.4 Å². The normalized spacial score (nSPS) is 13.7. The van der Waals surface area contributed by atoms with Crippen molar-refractivity contribution in [2.75, 3.05) is 0 Å². The lowest BCUT2D eigenvalue weighted by molar-refractivity contribution is -0.137. The van der Waals surface area contributed by atoms with Crippen LogP contribution in [0.5, 0.6) is 0 Å². The SMILES string of the molecule is CCC(C)c1ncn(-c2cc(Cl)cc(CC(C)c3ncn(-c4cccc(C(F)(F)F)c4)n3)c2)n1. The van der Waals surface area contributed by atoms with Gasteiger partial charge in [-0.15, -0.1) is 0 Å². The molecule has 178 valence electrons. The molecule has 0 aliphatic heterocycles. The maximum atomic E-state index is 13.0. The van der Waals surface area contributed by atoms with E-state index in [0.717, 1.165) is 35.6 Å². The molecule has 0 fully saturated rings. The molecule has 0 aliphatic carbocycles. The summed E-state index contributed by atoms with van der Waals surface area (Å²) in [7, 11) is 0. The van der Waals surface area contributed by atoms with Gasteiger partial charge in [-0.3, -0.25) is 0 Å². The van der Waals surface area contributed by atoms with Crippen molar-refractivity contribution in [1.29, 1.82) is 0 Å². The van der Waals surface area contributed by atoms with Crippen LogP contribution in [0.15, 0.2) is 55.1 Å². The van der Waals surface area contributed by atoms with E-state index in [0.29, 0.717) is 23.0 Å². The van der Waals surface area contributed by atoms with Gasteiger partial charge in [-0.2, -0.15) is 23.4 Å². The van der Waals surface area contributed by atoms with Gasteiger partial charge >= 0.3 is 6.18 Å². The molecular formula is C24H24ClF3N6. The predicted octanol–water partition coefficient (Wildman–Crippen LogP) is 6.38. The summed E-state index contributed by atoms with van der Waals surface area (Å²) in [5.41, 5.74) is 1.34. The van der Waals surface area contributed by atoms with Crippen LogP contribution in [0.3, 0.4) is 0 Å². The van der Waals surface area contributed by atoms with E-state index in [1.165, 1.54) is 17.1 Å². The van der Waals surface area contributed by atoms with Gasteiger partial charge in [0.15, 0.2) is 11.6 Å². The van der Waals surface area contributed by atoms with E-state index in [4.69, 9.17) is 11.6 Å². The second-order valence-electron chi connectivity index (χ2n) is 8.37. The van der Waals surface area contributed by atoms with Gasteiger partial charge in [-0.05, 0) is 54.8 Å². The lowest BCUT2D eigenvalue weighted by Gasteiger charge is -2.11. The molecule has 2 atom stereocenters. The van der Waals surface area contributed by atoms with E-state index in [2.05, 4.69) is 34.0 Å². The fourth-order valence-corrected chi connectivity index (χ4v) is 3.84. The number of alkyl halides is 3. The Morgan fingerprint density at radius 1 is 0.882 bits per heavy atom. The summed E-state index contributed by atoms with van der Waals surface area (Å²) >= 11 is 6.37.